The Balaban J connectivity index is 2.64. The fourth-order valence-electron chi connectivity index (χ4n) is 2.21. The molecule has 19 heavy (non-hydrogen) atoms. The summed E-state index contributed by atoms with van der Waals surface area (Å²) >= 11 is 0. The van der Waals surface area contributed by atoms with Crippen LogP contribution in [0, 0.1) is 5.92 Å². The fourth-order valence-corrected chi connectivity index (χ4v) is 2.21. The molecule has 0 radical (unpaired) electrons. The molecule has 0 saturated heterocycles. The molecule has 1 aromatic rings. The number of hydrogen-bond acceptors (Lipinski definition) is 5. The number of nitrogens with two attached hydrogens (primary N) is 1. The number of ether oxygens (including phenoxy) is 1. The van der Waals surface area contributed by atoms with Crippen LogP contribution in [0.1, 0.15) is 57.7 Å². The van der Waals surface area contributed by atoms with Crippen molar-refractivity contribution >= 4 is 0 Å². The predicted octanol–water partition coefficient (Wildman–Crippen LogP) is 2.60. The quantitative estimate of drug-likeness (QED) is 0.531. The second-order valence-corrected chi connectivity index (χ2v) is 4.87. The second-order valence-electron chi connectivity index (χ2n) is 4.87. The van der Waals surface area contributed by atoms with Crippen LogP contribution >= 0.6 is 0 Å². The Hall–Kier alpha value is -1.20. The summed E-state index contributed by atoms with van der Waals surface area (Å²) in [5.41, 5.74) is 3.73. The van der Waals surface area contributed by atoms with E-state index in [2.05, 4.69) is 29.5 Å². The van der Waals surface area contributed by atoms with E-state index >= 15 is 0 Å². The number of hydrazine groups is 1. The largest absolute Gasteiger partial charge is 0.480 e. The maximum absolute atomic E-state index is 5.66. The van der Waals surface area contributed by atoms with Gasteiger partial charge in [0.2, 0.25) is 5.88 Å². The predicted molar refractivity (Wildman–Crippen MR) is 76.6 cm³/mol. The Kier molecular flexibility index (Phi) is 7.36. The van der Waals surface area contributed by atoms with Crippen molar-refractivity contribution in [2.24, 2.45) is 11.8 Å². The molecule has 1 heterocycles. The first kappa shape index (κ1) is 15.9. The third-order valence-corrected chi connectivity index (χ3v) is 3.54. The molecule has 0 aliphatic heterocycles. The average Bonchev–Trinajstić information content (AvgIpc) is 2.48. The maximum atomic E-state index is 5.66. The lowest BCUT2D eigenvalue weighted by Gasteiger charge is -2.21. The van der Waals surface area contributed by atoms with Gasteiger partial charge in [-0.15, -0.1) is 5.10 Å². The number of nitrogens with one attached hydrogen (secondary N) is 1. The van der Waals surface area contributed by atoms with E-state index in [1.54, 1.807) is 7.11 Å². The first-order chi connectivity index (χ1) is 9.24. The Morgan fingerprint density at radius 1 is 1.32 bits per heavy atom. The van der Waals surface area contributed by atoms with Crippen LogP contribution in [0.25, 0.3) is 0 Å². The monoisotopic (exact) mass is 266 g/mol. The van der Waals surface area contributed by atoms with Crippen molar-refractivity contribution in [2.75, 3.05) is 7.11 Å². The highest BCUT2D eigenvalue weighted by Gasteiger charge is 2.17. The molecule has 0 aromatic carbocycles. The number of aromatic nitrogens is 2. The van der Waals surface area contributed by atoms with Gasteiger partial charge in [-0.1, -0.05) is 39.5 Å². The molecule has 5 heteroatoms. The molecule has 1 rings (SSSR count). The molecular weight excluding hydrogens is 240 g/mol. The summed E-state index contributed by atoms with van der Waals surface area (Å²) in [4.78, 5) is 0. The molecule has 0 aliphatic carbocycles. The highest BCUT2D eigenvalue weighted by atomic mass is 16.5. The molecule has 0 aliphatic rings. The van der Waals surface area contributed by atoms with Crippen molar-refractivity contribution in [1.29, 1.82) is 0 Å². The molecule has 108 valence electrons. The van der Waals surface area contributed by atoms with Gasteiger partial charge >= 0.3 is 0 Å². The van der Waals surface area contributed by atoms with Crippen LogP contribution in [0.15, 0.2) is 12.1 Å². The summed E-state index contributed by atoms with van der Waals surface area (Å²) in [6.07, 6.45) is 5.91. The van der Waals surface area contributed by atoms with Crippen LogP contribution in [-0.4, -0.2) is 17.3 Å². The summed E-state index contributed by atoms with van der Waals surface area (Å²) < 4.78 is 5.01. The van der Waals surface area contributed by atoms with Crippen LogP contribution in [0.5, 0.6) is 5.88 Å². The number of nitrogens with zero attached hydrogens (tertiary/aromatic N) is 2. The zero-order valence-corrected chi connectivity index (χ0v) is 12.2. The highest BCUT2D eigenvalue weighted by molar-refractivity contribution is 5.14. The van der Waals surface area contributed by atoms with E-state index < -0.39 is 0 Å². The second kappa shape index (κ2) is 8.82. The average molecular weight is 266 g/mol. The number of unbranched alkanes of at least 4 members (excludes halogenated alkanes) is 1. The van der Waals surface area contributed by atoms with E-state index in [-0.39, 0.29) is 6.04 Å². The molecule has 3 N–H and O–H groups in total. The van der Waals surface area contributed by atoms with Crippen molar-refractivity contribution in [3.8, 4) is 5.88 Å². The smallest absolute Gasteiger partial charge is 0.233 e. The number of rotatable bonds is 9. The van der Waals surface area contributed by atoms with Gasteiger partial charge in [0.25, 0.3) is 0 Å². The van der Waals surface area contributed by atoms with Crippen molar-refractivity contribution in [2.45, 2.75) is 52.0 Å². The van der Waals surface area contributed by atoms with Gasteiger partial charge in [-0.05, 0) is 18.4 Å². The number of hydrogen-bond donors (Lipinski definition) is 2. The standard InChI is InChI=1S/C14H26N4O/c1-4-6-7-11(5-2)10-13(16-15)12-8-9-14(19-3)18-17-12/h8-9,11,13,16H,4-7,10,15H2,1-3H3. The minimum Gasteiger partial charge on any atom is -0.480 e. The Labute approximate surface area is 115 Å². The van der Waals surface area contributed by atoms with Gasteiger partial charge in [0, 0.05) is 6.07 Å². The Morgan fingerprint density at radius 2 is 2.11 bits per heavy atom. The van der Waals surface area contributed by atoms with Crippen molar-refractivity contribution in [3.63, 3.8) is 0 Å². The molecule has 0 bridgehead atoms. The van der Waals surface area contributed by atoms with Gasteiger partial charge in [0.15, 0.2) is 0 Å². The molecule has 0 amide bonds. The van der Waals surface area contributed by atoms with Gasteiger partial charge in [-0.3, -0.25) is 11.3 Å². The van der Waals surface area contributed by atoms with Crippen molar-refractivity contribution in [1.82, 2.24) is 15.6 Å². The van der Waals surface area contributed by atoms with Crippen LogP contribution in [-0.2, 0) is 0 Å². The summed E-state index contributed by atoms with van der Waals surface area (Å²) in [6, 6.07) is 3.79. The molecule has 0 saturated carbocycles. The first-order valence-electron chi connectivity index (χ1n) is 7.08. The van der Waals surface area contributed by atoms with Crippen LogP contribution in [0.2, 0.25) is 0 Å². The van der Waals surface area contributed by atoms with Gasteiger partial charge in [0.1, 0.15) is 0 Å². The zero-order chi connectivity index (χ0) is 14.1. The maximum Gasteiger partial charge on any atom is 0.233 e. The lowest BCUT2D eigenvalue weighted by molar-refractivity contribution is 0.347. The minimum atomic E-state index is 0.0558. The Bertz CT molecular complexity index is 342. The van der Waals surface area contributed by atoms with E-state index in [9.17, 15) is 0 Å². The SMILES string of the molecule is CCCCC(CC)CC(NN)c1ccc(OC)nn1. The molecule has 0 fully saturated rings. The molecule has 0 spiro atoms. The van der Waals surface area contributed by atoms with Crippen LogP contribution < -0.4 is 16.0 Å². The van der Waals surface area contributed by atoms with E-state index in [1.807, 2.05) is 12.1 Å². The van der Waals surface area contributed by atoms with Crippen LogP contribution in [0.3, 0.4) is 0 Å². The van der Waals surface area contributed by atoms with Crippen molar-refractivity contribution < 1.29 is 4.74 Å². The normalized spacial score (nSPS) is 14.1. The summed E-state index contributed by atoms with van der Waals surface area (Å²) in [5, 5.41) is 8.16. The number of methoxy groups -OCH3 is 1. The Morgan fingerprint density at radius 3 is 2.58 bits per heavy atom. The van der Waals surface area contributed by atoms with E-state index in [1.165, 1.54) is 25.7 Å². The van der Waals surface area contributed by atoms with Gasteiger partial charge in [0.05, 0.1) is 18.8 Å². The van der Waals surface area contributed by atoms with E-state index in [0.717, 1.165) is 12.1 Å². The molecule has 1 aromatic heterocycles. The molecule has 2 atom stereocenters. The van der Waals surface area contributed by atoms with Gasteiger partial charge in [-0.25, -0.2) is 0 Å². The third-order valence-electron chi connectivity index (χ3n) is 3.54. The summed E-state index contributed by atoms with van der Waals surface area (Å²) in [7, 11) is 1.58. The lowest BCUT2D eigenvalue weighted by atomic mass is 9.91. The fraction of sp³-hybridized carbons (Fsp3) is 0.714. The summed E-state index contributed by atoms with van der Waals surface area (Å²) in [5.74, 6) is 6.85. The van der Waals surface area contributed by atoms with Gasteiger partial charge in [-0.2, -0.15) is 5.10 Å². The first-order valence-corrected chi connectivity index (χ1v) is 7.08. The zero-order valence-electron chi connectivity index (χ0n) is 12.2. The van der Waals surface area contributed by atoms with E-state index in [4.69, 9.17) is 10.6 Å². The summed E-state index contributed by atoms with van der Waals surface area (Å²) in [6.45, 7) is 4.45. The molecule has 2 unspecified atom stereocenters. The third kappa shape index (κ3) is 5.12. The molecule has 5 nitrogen and oxygen atoms in total. The topological polar surface area (TPSA) is 73.1 Å². The lowest BCUT2D eigenvalue weighted by Crippen LogP contribution is -2.30. The molecular formula is C14H26N4O. The van der Waals surface area contributed by atoms with Crippen molar-refractivity contribution in [3.05, 3.63) is 17.8 Å². The van der Waals surface area contributed by atoms with Gasteiger partial charge < -0.3 is 4.74 Å². The minimum absolute atomic E-state index is 0.0558. The van der Waals surface area contributed by atoms with Crippen LogP contribution in [0.4, 0.5) is 0 Å². The van der Waals surface area contributed by atoms with E-state index in [0.29, 0.717) is 11.8 Å². The highest BCUT2D eigenvalue weighted by Crippen LogP contribution is 2.25.